The molecule has 3 heteroatoms. The molecule has 0 atom stereocenters. The van der Waals surface area contributed by atoms with Gasteiger partial charge in [-0.3, -0.25) is 9.69 Å². The predicted molar refractivity (Wildman–Crippen MR) is 58.2 cm³/mol. The first-order valence-electron chi connectivity index (χ1n) is 5.68. The summed E-state index contributed by atoms with van der Waals surface area (Å²) in [5.74, 6) is 0.217. The van der Waals surface area contributed by atoms with E-state index in [4.69, 9.17) is 0 Å². The summed E-state index contributed by atoms with van der Waals surface area (Å²) in [5.41, 5.74) is 0. The van der Waals surface area contributed by atoms with Gasteiger partial charge in [-0.15, -0.1) is 0 Å². The van der Waals surface area contributed by atoms with E-state index in [0.717, 1.165) is 26.2 Å². The number of rotatable bonds is 3. The van der Waals surface area contributed by atoms with Crippen molar-refractivity contribution in [3.8, 4) is 0 Å². The topological polar surface area (TPSA) is 23.6 Å². The predicted octanol–water partition coefficient (Wildman–Crippen LogP) is 1.34. The lowest BCUT2D eigenvalue weighted by Crippen LogP contribution is -2.51. The highest BCUT2D eigenvalue weighted by atomic mass is 16.2. The molecule has 0 unspecified atom stereocenters. The average molecular weight is 198 g/mol. The second kappa shape index (κ2) is 5.35. The smallest absolute Gasteiger partial charge is 0.219 e. The van der Waals surface area contributed by atoms with Crippen LogP contribution in [0.2, 0.25) is 0 Å². The molecule has 0 aliphatic carbocycles. The van der Waals surface area contributed by atoms with Crippen LogP contribution in [0.25, 0.3) is 0 Å². The number of piperazine rings is 1. The molecule has 1 aliphatic rings. The van der Waals surface area contributed by atoms with Crippen LogP contribution >= 0.6 is 0 Å². The highest BCUT2D eigenvalue weighted by molar-refractivity contribution is 5.73. The summed E-state index contributed by atoms with van der Waals surface area (Å²) in [6, 6.07) is 0.712. The molecule has 0 aromatic heterocycles. The SMILES string of the molecule is CCC(CC)N1CCN(C(C)=O)CC1. The van der Waals surface area contributed by atoms with Crippen LogP contribution in [0.4, 0.5) is 0 Å². The number of carbonyl (C=O) groups excluding carboxylic acids is 1. The van der Waals surface area contributed by atoms with Gasteiger partial charge >= 0.3 is 0 Å². The van der Waals surface area contributed by atoms with Gasteiger partial charge in [-0.2, -0.15) is 0 Å². The van der Waals surface area contributed by atoms with Crippen LogP contribution in [0.5, 0.6) is 0 Å². The Bertz CT molecular complexity index is 182. The fourth-order valence-electron chi connectivity index (χ4n) is 2.21. The van der Waals surface area contributed by atoms with E-state index in [-0.39, 0.29) is 5.91 Å². The monoisotopic (exact) mass is 198 g/mol. The van der Waals surface area contributed by atoms with Crippen molar-refractivity contribution in [3.05, 3.63) is 0 Å². The van der Waals surface area contributed by atoms with Crippen LogP contribution in [0, 0.1) is 0 Å². The number of hydrogen-bond acceptors (Lipinski definition) is 2. The van der Waals surface area contributed by atoms with Crippen molar-refractivity contribution in [2.24, 2.45) is 0 Å². The summed E-state index contributed by atoms with van der Waals surface area (Å²) in [6.07, 6.45) is 2.44. The number of nitrogens with zero attached hydrogens (tertiary/aromatic N) is 2. The fourth-order valence-corrected chi connectivity index (χ4v) is 2.21. The van der Waals surface area contributed by atoms with E-state index >= 15 is 0 Å². The maximum atomic E-state index is 11.1. The summed E-state index contributed by atoms with van der Waals surface area (Å²) in [6.45, 7) is 10.1. The summed E-state index contributed by atoms with van der Waals surface area (Å²) in [4.78, 5) is 15.6. The van der Waals surface area contributed by atoms with Crippen molar-refractivity contribution < 1.29 is 4.79 Å². The van der Waals surface area contributed by atoms with E-state index in [0.29, 0.717) is 6.04 Å². The summed E-state index contributed by atoms with van der Waals surface area (Å²) >= 11 is 0. The van der Waals surface area contributed by atoms with Crippen molar-refractivity contribution in [2.75, 3.05) is 26.2 Å². The minimum atomic E-state index is 0.217. The molecule has 1 heterocycles. The van der Waals surface area contributed by atoms with E-state index in [2.05, 4.69) is 18.7 Å². The standard InChI is InChI=1S/C11H22N2O/c1-4-11(5-2)13-8-6-12(7-9-13)10(3)14/h11H,4-9H2,1-3H3. The zero-order chi connectivity index (χ0) is 10.6. The van der Waals surface area contributed by atoms with Gasteiger partial charge in [0, 0.05) is 39.1 Å². The molecule has 1 aliphatic heterocycles. The van der Waals surface area contributed by atoms with Crippen LogP contribution in [0.15, 0.2) is 0 Å². The van der Waals surface area contributed by atoms with Crippen molar-refractivity contribution in [1.29, 1.82) is 0 Å². The van der Waals surface area contributed by atoms with E-state index in [1.807, 2.05) is 4.90 Å². The van der Waals surface area contributed by atoms with Gasteiger partial charge in [-0.25, -0.2) is 0 Å². The summed E-state index contributed by atoms with van der Waals surface area (Å²) in [5, 5.41) is 0. The number of carbonyl (C=O) groups is 1. The van der Waals surface area contributed by atoms with Gasteiger partial charge in [0.1, 0.15) is 0 Å². The molecule has 3 nitrogen and oxygen atoms in total. The highest BCUT2D eigenvalue weighted by Gasteiger charge is 2.22. The minimum absolute atomic E-state index is 0.217. The largest absolute Gasteiger partial charge is 0.340 e. The van der Waals surface area contributed by atoms with Crippen LogP contribution in [0.3, 0.4) is 0 Å². The van der Waals surface area contributed by atoms with Crippen LogP contribution in [-0.2, 0) is 4.79 Å². The third-order valence-electron chi connectivity index (χ3n) is 3.22. The molecule has 0 radical (unpaired) electrons. The molecular formula is C11H22N2O. The van der Waals surface area contributed by atoms with E-state index < -0.39 is 0 Å². The molecular weight excluding hydrogens is 176 g/mol. The molecule has 0 aromatic carbocycles. The van der Waals surface area contributed by atoms with Gasteiger partial charge in [-0.1, -0.05) is 13.8 Å². The van der Waals surface area contributed by atoms with E-state index in [9.17, 15) is 4.79 Å². The Balaban J connectivity index is 2.38. The molecule has 0 saturated carbocycles. The van der Waals surface area contributed by atoms with Crippen molar-refractivity contribution in [1.82, 2.24) is 9.80 Å². The molecule has 14 heavy (non-hydrogen) atoms. The number of amides is 1. The van der Waals surface area contributed by atoms with Gasteiger partial charge in [0.05, 0.1) is 0 Å². The maximum absolute atomic E-state index is 11.1. The second-order valence-electron chi connectivity index (χ2n) is 4.01. The minimum Gasteiger partial charge on any atom is -0.340 e. The molecule has 1 fully saturated rings. The highest BCUT2D eigenvalue weighted by Crippen LogP contribution is 2.11. The lowest BCUT2D eigenvalue weighted by Gasteiger charge is -2.38. The zero-order valence-electron chi connectivity index (χ0n) is 9.62. The first-order chi connectivity index (χ1) is 6.69. The van der Waals surface area contributed by atoms with E-state index in [1.54, 1.807) is 6.92 Å². The first-order valence-corrected chi connectivity index (χ1v) is 5.68. The van der Waals surface area contributed by atoms with Crippen molar-refractivity contribution in [2.45, 2.75) is 39.7 Å². The van der Waals surface area contributed by atoms with Gasteiger partial charge in [0.15, 0.2) is 0 Å². The Morgan fingerprint density at radius 2 is 1.64 bits per heavy atom. The number of hydrogen-bond donors (Lipinski definition) is 0. The van der Waals surface area contributed by atoms with Gasteiger partial charge in [-0.05, 0) is 12.8 Å². The molecule has 1 rings (SSSR count). The maximum Gasteiger partial charge on any atom is 0.219 e. The third kappa shape index (κ3) is 2.71. The molecule has 0 N–H and O–H groups in total. The second-order valence-corrected chi connectivity index (χ2v) is 4.01. The third-order valence-corrected chi connectivity index (χ3v) is 3.22. The molecule has 1 amide bonds. The van der Waals surface area contributed by atoms with Crippen LogP contribution < -0.4 is 0 Å². The van der Waals surface area contributed by atoms with Gasteiger partial charge < -0.3 is 4.90 Å². The summed E-state index contributed by atoms with van der Waals surface area (Å²) < 4.78 is 0. The zero-order valence-corrected chi connectivity index (χ0v) is 9.62. The van der Waals surface area contributed by atoms with Gasteiger partial charge in [0.25, 0.3) is 0 Å². The molecule has 0 aromatic rings. The lowest BCUT2D eigenvalue weighted by atomic mass is 10.1. The van der Waals surface area contributed by atoms with Crippen LogP contribution in [-0.4, -0.2) is 47.9 Å². The first kappa shape index (κ1) is 11.5. The Hall–Kier alpha value is -0.570. The normalized spacial score (nSPS) is 19.0. The fraction of sp³-hybridized carbons (Fsp3) is 0.909. The van der Waals surface area contributed by atoms with Crippen molar-refractivity contribution >= 4 is 5.91 Å². The lowest BCUT2D eigenvalue weighted by molar-refractivity contribution is -0.130. The average Bonchev–Trinajstić information content (AvgIpc) is 2.20. The van der Waals surface area contributed by atoms with Gasteiger partial charge in [0.2, 0.25) is 5.91 Å². The molecule has 82 valence electrons. The Kier molecular flexibility index (Phi) is 4.39. The Labute approximate surface area is 87.1 Å². The van der Waals surface area contributed by atoms with Crippen molar-refractivity contribution in [3.63, 3.8) is 0 Å². The Morgan fingerprint density at radius 3 is 2.00 bits per heavy atom. The molecule has 0 spiro atoms. The molecule has 1 saturated heterocycles. The Morgan fingerprint density at radius 1 is 1.14 bits per heavy atom. The molecule has 0 bridgehead atoms. The van der Waals surface area contributed by atoms with E-state index in [1.165, 1.54) is 12.8 Å². The quantitative estimate of drug-likeness (QED) is 0.683. The van der Waals surface area contributed by atoms with Crippen LogP contribution in [0.1, 0.15) is 33.6 Å². The summed E-state index contributed by atoms with van der Waals surface area (Å²) in [7, 11) is 0.